The third-order valence-corrected chi connectivity index (χ3v) is 1.81. The van der Waals surface area contributed by atoms with Crippen molar-refractivity contribution in [3.63, 3.8) is 0 Å². The molecule has 1 aromatic rings. The lowest BCUT2D eigenvalue weighted by molar-refractivity contribution is -0.142. The molecule has 1 aromatic carbocycles. The highest BCUT2D eigenvalue weighted by molar-refractivity contribution is 5.65. The maximum absolute atomic E-state index is 13.1. The monoisotopic (exact) mass is 236 g/mol. The van der Waals surface area contributed by atoms with Gasteiger partial charge in [0.15, 0.2) is 0 Å². The Morgan fingerprint density at radius 1 is 1.38 bits per heavy atom. The molecule has 0 saturated carbocycles. The molecule has 0 aliphatic carbocycles. The van der Waals surface area contributed by atoms with E-state index in [0.29, 0.717) is 6.07 Å². The summed E-state index contributed by atoms with van der Waals surface area (Å²) in [7, 11) is 0. The van der Waals surface area contributed by atoms with E-state index in [1.165, 1.54) is 0 Å². The van der Waals surface area contributed by atoms with Crippen molar-refractivity contribution in [1.82, 2.24) is 0 Å². The van der Waals surface area contributed by atoms with Crippen LogP contribution in [0.5, 0.6) is 0 Å². The normalized spacial score (nSPS) is 11.3. The van der Waals surface area contributed by atoms with E-state index in [-0.39, 0.29) is 12.2 Å². The summed E-state index contributed by atoms with van der Waals surface area (Å²) in [6.07, 6.45) is -4.58. The van der Waals surface area contributed by atoms with Crippen molar-refractivity contribution < 1.29 is 27.1 Å². The number of benzene rings is 1. The van der Waals surface area contributed by atoms with Gasteiger partial charge < -0.3 is 4.74 Å². The largest absolute Gasteiger partial charge is 0.461 e. The molecule has 0 fully saturated rings. The molecule has 0 aromatic heterocycles. The zero-order valence-corrected chi connectivity index (χ0v) is 8.27. The van der Waals surface area contributed by atoms with E-state index >= 15 is 0 Å². The van der Waals surface area contributed by atoms with Crippen molar-refractivity contribution in [2.24, 2.45) is 0 Å². The number of halogens is 4. The van der Waals surface area contributed by atoms with E-state index < -0.39 is 23.5 Å². The Morgan fingerprint density at radius 2 is 2.00 bits per heavy atom. The maximum atomic E-state index is 13.1. The first kappa shape index (κ1) is 12.5. The first-order chi connectivity index (χ1) is 7.30. The van der Waals surface area contributed by atoms with Crippen molar-refractivity contribution in [2.75, 3.05) is 0 Å². The Kier molecular flexibility index (Phi) is 3.51. The summed E-state index contributed by atoms with van der Waals surface area (Å²) in [6.45, 7) is 0.751. The summed E-state index contributed by atoms with van der Waals surface area (Å²) in [5.41, 5.74) is -1.17. The zero-order chi connectivity index (χ0) is 12.3. The Balaban J connectivity index is 2.88. The fourth-order valence-corrected chi connectivity index (χ4v) is 1.02. The summed E-state index contributed by atoms with van der Waals surface area (Å²) in [6, 6.07) is 2.06. The standard InChI is InChI=1S/C10H8F4O2/c1-6(15)16-5-7-2-3-8(4-9(7)11)10(12,13)14/h2-4H,5H2,1H3. The minimum absolute atomic E-state index is 0.0943. The van der Waals surface area contributed by atoms with Crippen LogP contribution in [-0.2, 0) is 22.3 Å². The van der Waals surface area contributed by atoms with Crippen LogP contribution in [0.3, 0.4) is 0 Å². The second kappa shape index (κ2) is 4.51. The predicted octanol–water partition coefficient (Wildman–Crippen LogP) is 2.91. The molecule has 0 atom stereocenters. The molecule has 1 rings (SSSR count). The van der Waals surface area contributed by atoms with Gasteiger partial charge >= 0.3 is 12.1 Å². The summed E-state index contributed by atoms with van der Waals surface area (Å²) in [5, 5.41) is 0. The van der Waals surface area contributed by atoms with Crippen molar-refractivity contribution in [3.05, 3.63) is 35.1 Å². The number of ether oxygens (including phenoxy) is 1. The molecule has 6 heteroatoms. The minimum Gasteiger partial charge on any atom is -0.461 e. The molecule has 0 bridgehead atoms. The number of carbonyl (C=O) groups is 1. The Bertz CT molecular complexity index is 398. The van der Waals surface area contributed by atoms with Crippen molar-refractivity contribution in [2.45, 2.75) is 19.7 Å². The number of carbonyl (C=O) groups excluding carboxylic acids is 1. The fraction of sp³-hybridized carbons (Fsp3) is 0.300. The zero-order valence-electron chi connectivity index (χ0n) is 8.27. The molecule has 0 heterocycles. The minimum atomic E-state index is -4.58. The lowest BCUT2D eigenvalue weighted by Crippen LogP contribution is -2.07. The molecular weight excluding hydrogens is 228 g/mol. The Morgan fingerprint density at radius 3 is 2.44 bits per heavy atom. The van der Waals surface area contributed by atoms with Gasteiger partial charge in [0, 0.05) is 12.5 Å². The van der Waals surface area contributed by atoms with E-state index in [4.69, 9.17) is 0 Å². The molecule has 16 heavy (non-hydrogen) atoms. The fourth-order valence-electron chi connectivity index (χ4n) is 1.02. The molecule has 0 radical (unpaired) electrons. The van der Waals surface area contributed by atoms with Gasteiger partial charge in [0.2, 0.25) is 0 Å². The molecule has 2 nitrogen and oxygen atoms in total. The molecule has 0 N–H and O–H groups in total. The Labute approximate surface area is 88.8 Å². The number of hydrogen-bond donors (Lipinski definition) is 0. The van der Waals surface area contributed by atoms with Gasteiger partial charge in [-0.05, 0) is 12.1 Å². The number of alkyl halides is 3. The third kappa shape index (κ3) is 3.22. The molecule has 0 saturated heterocycles. The second-order valence-corrected chi connectivity index (χ2v) is 3.08. The van der Waals surface area contributed by atoms with Gasteiger partial charge in [-0.2, -0.15) is 13.2 Å². The van der Waals surface area contributed by atoms with E-state index in [1.807, 2.05) is 0 Å². The predicted molar refractivity (Wildman–Crippen MR) is 46.9 cm³/mol. The van der Waals surface area contributed by atoms with Gasteiger partial charge in [0.25, 0.3) is 0 Å². The third-order valence-electron chi connectivity index (χ3n) is 1.81. The van der Waals surface area contributed by atoms with Gasteiger partial charge in [-0.1, -0.05) is 6.07 Å². The molecule has 0 amide bonds. The quantitative estimate of drug-likeness (QED) is 0.583. The number of esters is 1. The molecule has 0 aliphatic rings. The highest BCUT2D eigenvalue weighted by atomic mass is 19.4. The molecule has 0 unspecified atom stereocenters. The summed E-state index contributed by atoms with van der Waals surface area (Å²) in [4.78, 5) is 10.4. The van der Waals surface area contributed by atoms with Gasteiger partial charge in [0.05, 0.1) is 5.56 Å². The highest BCUT2D eigenvalue weighted by Gasteiger charge is 2.31. The van der Waals surface area contributed by atoms with Crippen molar-refractivity contribution in [1.29, 1.82) is 0 Å². The van der Waals surface area contributed by atoms with E-state index in [2.05, 4.69) is 4.74 Å². The molecule has 0 aliphatic heterocycles. The van der Waals surface area contributed by atoms with Gasteiger partial charge in [0.1, 0.15) is 12.4 Å². The van der Waals surface area contributed by atoms with E-state index in [1.54, 1.807) is 0 Å². The Hall–Kier alpha value is -1.59. The first-order valence-electron chi connectivity index (χ1n) is 4.29. The van der Waals surface area contributed by atoms with Crippen LogP contribution in [0.2, 0.25) is 0 Å². The molecular formula is C10H8F4O2. The summed E-state index contributed by atoms with van der Waals surface area (Å²) >= 11 is 0. The van der Waals surface area contributed by atoms with Crippen LogP contribution in [-0.4, -0.2) is 5.97 Å². The highest BCUT2D eigenvalue weighted by Crippen LogP contribution is 2.30. The number of rotatable bonds is 2. The molecule has 88 valence electrons. The van der Waals surface area contributed by atoms with Crippen LogP contribution in [0.25, 0.3) is 0 Å². The van der Waals surface area contributed by atoms with Crippen LogP contribution in [0.4, 0.5) is 17.6 Å². The van der Waals surface area contributed by atoms with Gasteiger partial charge in [-0.3, -0.25) is 4.79 Å². The lowest BCUT2D eigenvalue weighted by atomic mass is 10.1. The topological polar surface area (TPSA) is 26.3 Å². The van der Waals surface area contributed by atoms with Crippen LogP contribution in [0, 0.1) is 5.82 Å². The summed E-state index contributed by atoms with van der Waals surface area (Å²) < 4.78 is 54.1. The summed E-state index contributed by atoms with van der Waals surface area (Å²) in [5.74, 6) is -1.67. The SMILES string of the molecule is CC(=O)OCc1ccc(C(F)(F)F)cc1F. The first-order valence-corrected chi connectivity index (χ1v) is 4.29. The average molecular weight is 236 g/mol. The van der Waals surface area contributed by atoms with E-state index in [0.717, 1.165) is 19.1 Å². The van der Waals surface area contributed by atoms with Crippen LogP contribution < -0.4 is 0 Å². The average Bonchev–Trinajstić information content (AvgIpc) is 2.14. The van der Waals surface area contributed by atoms with Gasteiger partial charge in [-0.25, -0.2) is 4.39 Å². The molecule has 0 spiro atoms. The van der Waals surface area contributed by atoms with Gasteiger partial charge in [-0.15, -0.1) is 0 Å². The van der Waals surface area contributed by atoms with Crippen LogP contribution in [0.15, 0.2) is 18.2 Å². The smallest absolute Gasteiger partial charge is 0.416 e. The van der Waals surface area contributed by atoms with E-state index in [9.17, 15) is 22.4 Å². The maximum Gasteiger partial charge on any atom is 0.416 e. The van der Waals surface area contributed by atoms with Crippen molar-refractivity contribution >= 4 is 5.97 Å². The van der Waals surface area contributed by atoms with Crippen LogP contribution >= 0.6 is 0 Å². The van der Waals surface area contributed by atoms with Crippen molar-refractivity contribution in [3.8, 4) is 0 Å². The second-order valence-electron chi connectivity index (χ2n) is 3.08. The number of hydrogen-bond acceptors (Lipinski definition) is 2. The lowest BCUT2D eigenvalue weighted by Gasteiger charge is -2.09. The van der Waals surface area contributed by atoms with Crippen LogP contribution in [0.1, 0.15) is 18.1 Å².